The predicted octanol–water partition coefficient (Wildman–Crippen LogP) is 2.13. The molecule has 0 aromatic rings. The second-order valence-corrected chi connectivity index (χ2v) is 2.59. The highest BCUT2D eigenvalue weighted by Crippen LogP contribution is 1.93. The molecule has 0 rings (SSSR count). The lowest BCUT2D eigenvalue weighted by molar-refractivity contribution is 0.692. The summed E-state index contributed by atoms with van der Waals surface area (Å²) in [6, 6.07) is 0. The van der Waals surface area contributed by atoms with Gasteiger partial charge in [0, 0.05) is 18.7 Å². The molecule has 0 aromatic carbocycles. The third kappa shape index (κ3) is 7.29. The lowest BCUT2D eigenvalue weighted by atomic mass is 10.2. The van der Waals surface area contributed by atoms with E-state index in [0.717, 1.165) is 31.5 Å². The number of allylic oxidation sites excluding steroid dienone is 1. The summed E-state index contributed by atoms with van der Waals surface area (Å²) in [5.41, 5.74) is 0.882. The lowest BCUT2D eigenvalue weighted by Gasteiger charge is -2.04. The summed E-state index contributed by atoms with van der Waals surface area (Å²) in [6.07, 6.45) is 8.10. The number of hydrogen-bond acceptors (Lipinski definition) is 1. The van der Waals surface area contributed by atoms with Crippen molar-refractivity contribution in [3.8, 4) is 12.3 Å². The van der Waals surface area contributed by atoms with Gasteiger partial charge in [0.2, 0.25) is 0 Å². The van der Waals surface area contributed by atoms with E-state index >= 15 is 0 Å². The summed E-state index contributed by atoms with van der Waals surface area (Å²) in [7, 11) is 0. The molecule has 0 heterocycles. The number of hydrogen-bond donors (Lipinski definition) is 1. The molecule has 62 valence electrons. The maximum Gasteiger partial charge on any atom is 0.0615 e. The Morgan fingerprint density at radius 3 is 2.82 bits per heavy atom. The van der Waals surface area contributed by atoms with Crippen molar-refractivity contribution in [3.05, 3.63) is 12.3 Å². The van der Waals surface area contributed by atoms with Gasteiger partial charge in [0.15, 0.2) is 0 Å². The Labute approximate surface area is 73.8 Å². The minimum absolute atomic E-state index is 0.481. The highest BCUT2D eigenvalue weighted by Gasteiger charge is 1.89. The van der Waals surface area contributed by atoms with E-state index in [9.17, 15) is 0 Å². The Balaban J connectivity index is 3.03. The van der Waals surface area contributed by atoms with Crippen LogP contribution in [0.5, 0.6) is 0 Å². The molecule has 1 nitrogen and oxygen atoms in total. The van der Waals surface area contributed by atoms with Gasteiger partial charge in [-0.2, -0.15) is 0 Å². The van der Waals surface area contributed by atoms with Crippen molar-refractivity contribution in [2.45, 2.75) is 19.3 Å². The van der Waals surface area contributed by atoms with E-state index in [2.05, 4.69) is 17.8 Å². The molecule has 0 saturated carbocycles. The van der Waals surface area contributed by atoms with Crippen LogP contribution in [0.15, 0.2) is 12.3 Å². The van der Waals surface area contributed by atoms with Crippen LogP contribution in [0, 0.1) is 12.3 Å². The molecule has 11 heavy (non-hydrogen) atoms. The van der Waals surface area contributed by atoms with E-state index < -0.39 is 0 Å². The van der Waals surface area contributed by atoms with Gasteiger partial charge in [-0.05, 0) is 12.8 Å². The Bertz CT molecular complexity index is 146. The van der Waals surface area contributed by atoms with Crippen LogP contribution in [0.25, 0.3) is 0 Å². The quantitative estimate of drug-likeness (QED) is 0.367. The van der Waals surface area contributed by atoms with Crippen molar-refractivity contribution in [2.24, 2.45) is 0 Å². The number of halogens is 1. The molecule has 0 aliphatic carbocycles. The van der Waals surface area contributed by atoms with Crippen LogP contribution in [-0.2, 0) is 0 Å². The van der Waals surface area contributed by atoms with Crippen molar-refractivity contribution in [1.82, 2.24) is 5.32 Å². The topological polar surface area (TPSA) is 12.0 Å². The highest BCUT2D eigenvalue weighted by molar-refractivity contribution is 6.19. The van der Waals surface area contributed by atoms with Crippen LogP contribution in [0.3, 0.4) is 0 Å². The summed E-state index contributed by atoms with van der Waals surface area (Å²) in [6.45, 7) is 4.63. The first-order valence-corrected chi connectivity index (χ1v) is 4.25. The molecule has 0 spiro atoms. The van der Waals surface area contributed by atoms with E-state index in [-0.39, 0.29) is 0 Å². The number of nitrogens with one attached hydrogen (secondary N) is 1. The maximum absolute atomic E-state index is 5.50. The summed E-state index contributed by atoms with van der Waals surface area (Å²) in [5.74, 6) is 3.07. The first-order chi connectivity index (χ1) is 5.31. The lowest BCUT2D eigenvalue weighted by Crippen LogP contribution is -2.14. The fourth-order valence-electron chi connectivity index (χ4n) is 0.664. The van der Waals surface area contributed by atoms with Gasteiger partial charge in [-0.15, -0.1) is 23.9 Å². The minimum Gasteiger partial charge on any atom is -0.388 e. The standard InChI is InChI=1S/C9H14ClN/c1-3-4-5-6-7-11-9(2)8-10/h1,11H,2,4-8H2. The van der Waals surface area contributed by atoms with Gasteiger partial charge in [0.1, 0.15) is 0 Å². The zero-order valence-corrected chi connectivity index (χ0v) is 7.45. The number of unbranched alkanes of at least 4 members (excludes halogenated alkanes) is 2. The Hall–Kier alpha value is -0.610. The smallest absolute Gasteiger partial charge is 0.0615 e. The first-order valence-electron chi connectivity index (χ1n) is 3.72. The van der Waals surface area contributed by atoms with Gasteiger partial charge >= 0.3 is 0 Å². The maximum atomic E-state index is 5.50. The fourth-order valence-corrected chi connectivity index (χ4v) is 0.759. The molecule has 0 aromatic heterocycles. The number of terminal acetylenes is 1. The van der Waals surface area contributed by atoms with Gasteiger partial charge < -0.3 is 5.32 Å². The average Bonchev–Trinajstić information content (AvgIpc) is 2.04. The summed E-state index contributed by atoms with van der Waals surface area (Å²) in [4.78, 5) is 0. The second-order valence-electron chi connectivity index (χ2n) is 2.33. The van der Waals surface area contributed by atoms with Crippen LogP contribution >= 0.6 is 11.6 Å². The van der Waals surface area contributed by atoms with E-state index in [1.54, 1.807) is 0 Å². The average molecular weight is 172 g/mol. The van der Waals surface area contributed by atoms with Crippen molar-refractivity contribution >= 4 is 11.6 Å². The minimum atomic E-state index is 0.481. The van der Waals surface area contributed by atoms with E-state index in [0.29, 0.717) is 5.88 Å². The second kappa shape index (κ2) is 7.50. The third-order valence-corrected chi connectivity index (χ3v) is 1.61. The van der Waals surface area contributed by atoms with Crippen LogP contribution in [0.4, 0.5) is 0 Å². The normalized spacial score (nSPS) is 8.73. The van der Waals surface area contributed by atoms with Crippen LogP contribution in [-0.4, -0.2) is 12.4 Å². The van der Waals surface area contributed by atoms with E-state index in [4.69, 9.17) is 18.0 Å². The van der Waals surface area contributed by atoms with Crippen molar-refractivity contribution in [2.75, 3.05) is 12.4 Å². The van der Waals surface area contributed by atoms with E-state index in [1.165, 1.54) is 0 Å². The van der Waals surface area contributed by atoms with Crippen LogP contribution < -0.4 is 5.32 Å². The molecule has 0 aliphatic rings. The molecule has 0 fully saturated rings. The van der Waals surface area contributed by atoms with Crippen molar-refractivity contribution in [3.63, 3.8) is 0 Å². The molecule has 0 atom stereocenters. The molecular formula is C9H14ClN. The van der Waals surface area contributed by atoms with Crippen molar-refractivity contribution in [1.29, 1.82) is 0 Å². The Morgan fingerprint density at radius 2 is 2.27 bits per heavy atom. The zero-order valence-electron chi connectivity index (χ0n) is 6.70. The number of alkyl halides is 1. The summed E-state index contributed by atoms with van der Waals surface area (Å²) in [5, 5.41) is 3.10. The Morgan fingerprint density at radius 1 is 1.55 bits per heavy atom. The molecule has 0 amide bonds. The molecule has 0 aliphatic heterocycles. The van der Waals surface area contributed by atoms with Crippen LogP contribution in [0.1, 0.15) is 19.3 Å². The summed E-state index contributed by atoms with van der Waals surface area (Å²) < 4.78 is 0. The molecule has 0 bridgehead atoms. The fraction of sp³-hybridized carbons (Fsp3) is 0.556. The highest BCUT2D eigenvalue weighted by atomic mass is 35.5. The zero-order chi connectivity index (χ0) is 8.53. The van der Waals surface area contributed by atoms with Crippen LogP contribution in [0.2, 0.25) is 0 Å². The first kappa shape index (κ1) is 10.4. The van der Waals surface area contributed by atoms with Gasteiger partial charge in [0.05, 0.1) is 5.88 Å². The number of rotatable bonds is 6. The van der Waals surface area contributed by atoms with Gasteiger partial charge in [0.25, 0.3) is 0 Å². The predicted molar refractivity (Wildman–Crippen MR) is 50.5 cm³/mol. The molecule has 1 N–H and O–H groups in total. The van der Waals surface area contributed by atoms with Gasteiger partial charge in [-0.1, -0.05) is 6.58 Å². The summed E-state index contributed by atoms with van der Waals surface area (Å²) >= 11 is 5.50. The molecule has 0 saturated heterocycles. The monoisotopic (exact) mass is 171 g/mol. The Kier molecular flexibility index (Phi) is 7.08. The van der Waals surface area contributed by atoms with E-state index in [1.807, 2.05) is 0 Å². The molecular weight excluding hydrogens is 158 g/mol. The molecule has 0 radical (unpaired) electrons. The third-order valence-electron chi connectivity index (χ3n) is 1.28. The molecule has 0 unspecified atom stereocenters. The molecule has 2 heteroatoms. The SMILES string of the molecule is C#CCCCCNC(=C)CCl. The van der Waals surface area contributed by atoms with Gasteiger partial charge in [-0.25, -0.2) is 0 Å². The van der Waals surface area contributed by atoms with Gasteiger partial charge in [-0.3, -0.25) is 0 Å². The largest absolute Gasteiger partial charge is 0.388 e. The van der Waals surface area contributed by atoms with Crippen molar-refractivity contribution < 1.29 is 0 Å².